The van der Waals surface area contributed by atoms with Crippen LogP contribution in [-0.4, -0.2) is 33.9 Å². The van der Waals surface area contributed by atoms with Crippen molar-refractivity contribution < 1.29 is 14.7 Å². The van der Waals surface area contributed by atoms with Crippen molar-refractivity contribution in [3.63, 3.8) is 0 Å². The quantitative estimate of drug-likeness (QED) is 0.787. The fraction of sp³-hybridized carbons (Fsp3) is 0.300. The highest BCUT2D eigenvalue weighted by Crippen LogP contribution is 2.25. The van der Waals surface area contributed by atoms with E-state index < -0.39 is 5.97 Å². The second-order valence-electron chi connectivity index (χ2n) is 3.49. The van der Waals surface area contributed by atoms with Gasteiger partial charge in [0.1, 0.15) is 11.4 Å². The normalized spacial score (nSPS) is 20.2. The number of nitrogens with zero attached hydrogens (tertiary/aromatic N) is 2. The zero-order valence-corrected chi connectivity index (χ0v) is 9.02. The van der Waals surface area contributed by atoms with Crippen molar-refractivity contribution in [1.82, 2.24) is 4.98 Å². The number of aromatic nitrogens is 1. The van der Waals surface area contributed by atoms with Crippen LogP contribution in [0.15, 0.2) is 18.3 Å². The molecule has 1 aromatic rings. The number of pyridine rings is 1. The standard InChI is InChI=1S/C10H9ClN2O3/c11-6-4-8(14)13(5-6)9-7(10(15)16)2-1-3-12-9/h1-3,6H,4-5H2,(H,15,16). The molecule has 16 heavy (non-hydrogen) atoms. The van der Waals surface area contributed by atoms with Crippen LogP contribution in [0.3, 0.4) is 0 Å². The smallest absolute Gasteiger partial charge is 0.339 e. The number of hydrogen-bond donors (Lipinski definition) is 1. The van der Waals surface area contributed by atoms with Gasteiger partial charge in [0, 0.05) is 19.2 Å². The molecule has 6 heteroatoms. The van der Waals surface area contributed by atoms with Crippen LogP contribution in [0, 0.1) is 0 Å². The lowest BCUT2D eigenvalue weighted by Crippen LogP contribution is -2.27. The summed E-state index contributed by atoms with van der Waals surface area (Å²) in [5.74, 6) is -1.13. The van der Waals surface area contributed by atoms with Gasteiger partial charge in [0.05, 0.1) is 5.38 Å². The topological polar surface area (TPSA) is 70.5 Å². The Labute approximate surface area is 96.7 Å². The van der Waals surface area contributed by atoms with E-state index in [0.29, 0.717) is 6.54 Å². The summed E-state index contributed by atoms with van der Waals surface area (Å²) in [4.78, 5) is 27.8. The predicted molar refractivity (Wildman–Crippen MR) is 57.8 cm³/mol. The highest BCUT2D eigenvalue weighted by Gasteiger charge is 2.32. The number of carboxylic acid groups (broad SMARTS) is 1. The lowest BCUT2D eigenvalue weighted by atomic mass is 10.2. The van der Waals surface area contributed by atoms with Gasteiger partial charge >= 0.3 is 5.97 Å². The molecule has 1 amide bonds. The molecule has 1 fully saturated rings. The molecule has 0 spiro atoms. The SMILES string of the molecule is O=C(O)c1cccnc1N1CC(Cl)CC1=O. The molecule has 1 N–H and O–H groups in total. The number of aromatic carboxylic acids is 1. The van der Waals surface area contributed by atoms with Crippen molar-refractivity contribution in [2.45, 2.75) is 11.8 Å². The lowest BCUT2D eigenvalue weighted by molar-refractivity contribution is -0.117. The van der Waals surface area contributed by atoms with Crippen molar-refractivity contribution in [2.24, 2.45) is 0 Å². The van der Waals surface area contributed by atoms with E-state index >= 15 is 0 Å². The molecule has 5 nitrogen and oxygen atoms in total. The van der Waals surface area contributed by atoms with Crippen molar-refractivity contribution in [3.05, 3.63) is 23.9 Å². The lowest BCUT2D eigenvalue weighted by Gasteiger charge is -2.16. The first kappa shape index (κ1) is 10.9. The summed E-state index contributed by atoms with van der Waals surface area (Å²) in [5.41, 5.74) is 0.0154. The van der Waals surface area contributed by atoms with Gasteiger partial charge in [0.15, 0.2) is 0 Å². The summed E-state index contributed by atoms with van der Waals surface area (Å²) in [5, 5.41) is 8.69. The van der Waals surface area contributed by atoms with Gasteiger partial charge in [-0.2, -0.15) is 0 Å². The second kappa shape index (κ2) is 4.09. The minimum absolute atomic E-state index is 0.0154. The van der Waals surface area contributed by atoms with E-state index in [1.54, 1.807) is 0 Å². The van der Waals surface area contributed by atoms with Gasteiger partial charge in [-0.25, -0.2) is 9.78 Å². The van der Waals surface area contributed by atoms with Gasteiger partial charge in [-0.3, -0.25) is 9.69 Å². The Morgan fingerprint density at radius 1 is 1.62 bits per heavy atom. The van der Waals surface area contributed by atoms with Gasteiger partial charge in [-0.1, -0.05) is 0 Å². The minimum Gasteiger partial charge on any atom is -0.478 e. The maximum atomic E-state index is 11.6. The first-order valence-corrected chi connectivity index (χ1v) is 5.16. The van der Waals surface area contributed by atoms with Crippen molar-refractivity contribution in [2.75, 3.05) is 11.4 Å². The molecule has 0 saturated carbocycles. The third-order valence-corrected chi connectivity index (χ3v) is 2.64. The van der Waals surface area contributed by atoms with Crippen molar-refractivity contribution in [3.8, 4) is 0 Å². The molecule has 0 aromatic carbocycles. The third-order valence-electron chi connectivity index (χ3n) is 2.35. The van der Waals surface area contributed by atoms with Crippen molar-refractivity contribution >= 4 is 29.3 Å². The van der Waals surface area contributed by atoms with Gasteiger partial charge in [0.2, 0.25) is 5.91 Å². The summed E-state index contributed by atoms with van der Waals surface area (Å²) >= 11 is 5.85. The van der Waals surface area contributed by atoms with E-state index in [1.807, 2.05) is 0 Å². The molecule has 84 valence electrons. The highest BCUT2D eigenvalue weighted by atomic mass is 35.5. The summed E-state index contributed by atoms with van der Waals surface area (Å²) in [6.45, 7) is 0.303. The van der Waals surface area contributed by atoms with Crippen LogP contribution in [0.5, 0.6) is 0 Å². The molecule has 0 bridgehead atoms. The predicted octanol–water partition coefficient (Wildman–Crippen LogP) is 1.12. The molecule has 0 aliphatic carbocycles. The average molecular weight is 241 g/mol. The van der Waals surface area contributed by atoms with Crippen LogP contribution < -0.4 is 4.90 Å². The van der Waals surface area contributed by atoms with E-state index in [2.05, 4.69) is 4.98 Å². The summed E-state index contributed by atoms with van der Waals surface area (Å²) < 4.78 is 0. The van der Waals surface area contributed by atoms with E-state index in [1.165, 1.54) is 23.2 Å². The first-order chi connectivity index (χ1) is 7.59. The van der Waals surface area contributed by atoms with Gasteiger partial charge in [-0.15, -0.1) is 11.6 Å². The molecule has 1 aromatic heterocycles. The number of rotatable bonds is 2. The maximum Gasteiger partial charge on any atom is 0.339 e. The Hall–Kier alpha value is -1.62. The summed E-state index contributed by atoms with van der Waals surface area (Å²) in [6.07, 6.45) is 1.67. The zero-order chi connectivity index (χ0) is 11.7. The minimum atomic E-state index is -1.10. The summed E-state index contributed by atoms with van der Waals surface area (Å²) in [6, 6.07) is 2.94. The molecule has 1 aliphatic rings. The number of carboxylic acids is 1. The molecule has 1 atom stereocenters. The number of alkyl halides is 1. The first-order valence-electron chi connectivity index (χ1n) is 4.72. The highest BCUT2D eigenvalue weighted by molar-refractivity contribution is 6.24. The largest absolute Gasteiger partial charge is 0.478 e. The van der Waals surface area contributed by atoms with Gasteiger partial charge in [0.25, 0.3) is 0 Å². The Kier molecular flexibility index (Phi) is 2.78. The molecule has 1 saturated heterocycles. The maximum absolute atomic E-state index is 11.6. The second-order valence-corrected chi connectivity index (χ2v) is 4.10. The molecule has 2 heterocycles. The van der Waals surface area contributed by atoms with Gasteiger partial charge < -0.3 is 5.11 Å². The number of halogens is 1. The van der Waals surface area contributed by atoms with E-state index in [9.17, 15) is 9.59 Å². The Morgan fingerprint density at radius 2 is 2.38 bits per heavy atom. The van der Waals surface area contributed by atoms with Gasteiger partial charge in [-0.05, 0) is 12.1 Å². The van der Waals surface area contributed by atoms with Crippen LogP contribution in [0.25, 0.3) is 0 Å². The fourth-order valence-electron chi connectivity index (χ4n) is 1.65. The molecule has 0 radical (unpaired) electrons. The Morgan fingerprint density at radius 3 is 2.94 bits per heavy atom. The molecular formula is C10H9ClN2O3. The number of anilines is 1. The number of carbonyl (C=O) groups is 2. The van der Waals surface area contributed by atoms with E-state index in [0.717, 1.165) is 0 Å². The Bertz CT molecular complexity index is 449. The molecule has 1 aliphatic heterocycles. The number of hydrogen-bond acceptors (Lipinski definition) is 3. The van der Waals surface area contributed by atoms with Crippen LogP contribution in [-0.2, 0) is 4.79 Å². The van der Waals surface area contributed by atoms with Crippen LogP contribution in [0.4, 0.5) is 5.82 Å². The van der Waals surface area contributed by atoms with E-state index in [4.69, 9.17) is 16.7 Å². The summed E-state index contributed by atoms with van der Waals surface area (Å²) in [7, 11) is 0. The Balaban J connectivity index is 2.40. The molecular weight excluding hydrogens is 232 g/mol. The van der Waals surface area contributed by atoms with Crippen molar-refractivity contribution in [1.29, 1.82) is 0 Å². The monoisotopic (exact) mass is 240 g/mol. The number of amides is 1. The van der Waals surface area contributed by atoms with Crippen LogP contribution in [0.1, 0.15) is 16.8 Å². The molecule has 2 rings (SSSR count). The van der Waals surface area contributed by atoms with Crippen LogP contribution in [0.2, 0.25) is 0 Å². The van der Waals surface area contributed by atoms with Crippen LogP contribution >= 0.6 is 11.6 Å². The third kappa shape index (κ3) is 1.86. The average Bonchev–Trinajstić information content (AvgIpc) is 2.57. The van der Waals surface area contributed by atoms with E-state index in [-0.39, 0.29) is 29.1 Å². The zero-order valence-electron chi connectivity index (χ0n) is 8.26. The fourth-order valence-corrected chi connectivity index (χ4v) is 1.92. The number of carbonyl (C=O) groups excluding carboxylic acids is 1. The molecule has 1 unspecified atom stereocenters.